The van der Waals surface area contributed by atoms with E-state index < -0.39 is 6.09 Å². The summed E-state index contributed by atoms with van der Waals surface area (Å²) in [7, 11) is 0. The van der Waals surface area contributed by atoms with Crippen LogP contribution in [-0.2, 0) is 0 Å². The summed E-state index contributed by atoms with van der Waals surface area (Å²) in [6.07, 6.45) is 3.16. The molecule has 190 valence electrons. The van der Waals surface area contributed by atoms with Crippen molar-refractivity contribution in [2.75, 3.05) is 43.0 Å². The maximum atomic E-state index is 12.5. The molecule has 0 spiro atoms. The molecule has 10 nitrogen and oxygen atoms in total. The largest absolute Gasteiger partial charge is 0.493 e. The van der Waals surface area contributed by atoms with Crippen LogP contribution < -0.4 is 15.0 Å². The van der Waals surface area contributed by atoms with Crippen LogP contribution in [-0.4, -0.2) is 65.0 Å². The highest BCUT2D eigenvalue weighted by atomic mass is 16.5. The summed E-state index contributed by atoms with van der Waals surface area (Å²) in [6, 6.07) is 13.9. The average Bonchev–Trinajstić information content (AvgIpc) is 3.37. The number of rotatable bonds is 10. The second-order valence-corrected chi connectivity index (χ2v) is 8.54. The number of hydrogen-bond acceptors (Lipinski definition) is 7. The molecular weight excluding hydrogens is 462 g/mol. The van der Waals surface area contributed by atoms with E-state index in [1.54, 1.807) is 42.5 Å². The molecule has 36 heavy (non-hydrogen) atoms. The van der Waals surface area contributed by atoms with Crippen LogP contribution in [0.15, 0.2) is 52.9 Å². The van der Waals surface area contributed by atoms with E-state index in [2.05, 4.69) is 20.4 Å². The molecule has 4 rings (SSSR count). The third kappa shape index (κ3) is 6.39. The van der Waals surface area contributed by atoms with Gasteiger partial charge in [0.1, 0.15) is 5.75 Å². The Morgan fingerprint density at radius 2 is 1.89 bits per heavy atom. The van der Waals surface area contributed by atoms with E-state index in [1.807, 2.05) is 13.0 Å². The van der Waals surface area contributed by atoms with Crippen LogP contribution in [0.1, 0.15) is 43.0 Å². The zero-order valence-electron chi connectivity index (χ0n) is 20.4. The molecule has 2 amide bonds. The number of anilines is 2. The van der Waals surface area contributed by atoms with Gasteiger partial charge in [0.15, 0.2) is 0 Å². The van der Waals surface area contributed by atoms with Gasteiger partial charge in [0.25, 0.3) is 11.8 Å². The van der Waals surface area contributed by atoms with Crippen LogP contribution in [0.5, 0.6) is 5.75 Å². The number of ether oxygens (including phenoxy) is 1. The van der Waals surface area contributed by atoms with Gasteiger partial charge in [0, 0.05) is 23.9 Å². The lowest BCUT2D eigenvalue weighted by Gasteiger charge is -2.26. The molecule has 0 radical (unpaired) electrons. The molecule has 0 bridgehead atoms. The number of benzene rings is 2. The Balaban J connectivity index is 1.47. The van der Waals surface area contributed by atoms with Gasteiger partial charge in [-0.25, -0.2) is 9.69 Å². The van der Waals surface area contributed by atoms with Crippen LogP contribution in [0.2, 0.25) is 0 Å². The second kappa shape index (κ2) is 12.2. The van der Waals surface area contributed by atoms with Gasteiger partial charge in [0.05, 0.1) is 12.2 Å². The fourth-order valence-corrected chi connectivity index (χ4v) is 4.19. The van der Waals surface area contributed by atoms with Crippen molar-refractivity contribution >= 4 is 23.7 Å². The zero-order valence-corrected chi connectivity index (χ0v) is 20.4. The number of carbonyl (C=O) groups is 2. The van der Waals surface area contributed by atoms with E-state index in [4.69, 9.17) is 9.15 Å². The number of carbonyl (C=O) groups excluding carboxylic acids is 1. The molecule has 1 aliphatic rings. The van der Waals surface area contributed by atoms with E-state index in [1.165, 1.54) is 19.3 Å². The Bertz CT molecular complexity index is 1160. The van der Waals surface area contributed by atoms with Gasteiger partial charge in [-0.3, -0.25) is 4.79 Å². The summed E-state index contributed by atoms with van der Waals surface area (Å²) in [4.78, 5) is 27.8. The molecule has 0 aliphatic carbocycles. The number of aromatic nitrogens is 2. The smallest absolute Gasteiger partial charge is 0.415 e. The summed E-state index contributed by atoms with van der Waals surface area (Å²) in [6.45, 7) is 5.42. The number of carboxylic acid groups (broad SMARTS) is 1. The van der Waals surface area contributed by atoms with Crippen LogP contribution in [0.4, 0.5) is 16.5 Å². The molecule has 2 N–H and O–H groups in total. The monoisotopic (exact) mass is 493 g/mol. The van der Waals surface area contributed by atoms with Gasteiger partial charge in [-0.15, -0.1) is 5.10 Å². The van der Waals surface area contributed by atoms with Crippen molar-refractivity contribution in [2.24, 2.45) is 0 Å². The van der Waals surface area contributed by atoms with E-state index in [0.29, 0.717) is 35.6 Å². The van der Waals surface area contributed by atoms with Gasteiger partial charge in [-0.1, -0.05) is 29.7 Å². The summed E-state index contributed by atoms with van der Waals surface area (Å²) >= 11 is 0. The summed E-state index contributed by atoms with van der Waals surface area (Å²) in [5.41, 5.74) is 1.59. The Morgan fingerprint density at radius 1 is 1.11 bits per heavy atom. The fourth-order valence-electron chi connectivity index (χ4n) is 4.19. The molecule has 2 aromatic carbocycles. The third-order valence-corrected chi connectivity index (χ3v) is 5.99. The molecule has 1 aromatic heterocycles. The number of piperidine rings is 1. The molecule has 10 heteroatoms. The Labute approximate surface area is 209 Å². The summed E-state index contributed by atoms with van der Waals surface area (Å²) in [5.74, 6) is 0.328. The van der Waals surface area contributed by atoms with Crippen LogP contribution in [0.3, 0.4) is 0 Å². The lowest BCUT2D eigenvalue weighted by atomic mass is 10.1. The SMILES string of the molecule is CCOc1cc(NC(=O)c2ccccc2)ccc1-c1nnc(N(CCCN2CCCCC2)C(=O)O)o1. The number of amides is 2. The molecule has 0 saturated carbocycles. The van der Waals surface area contributed by atoms with E-state index in [-0.39, 0.29) is 24.4 Å². The van der Waals surface area contributed by atoms with Gasteiger partial charge >= 0.3 is 12.1 Å². The standard InChI is InChI=1S/C26H31N5O5/c1-2-35-22-18-20(27-23(32)19-10-5-3-6-11-19)12-13-21(22)24-28-29-25(36-24)31(26(33)34)17-9-16-30-14-7-4-8-15-30/h3,5-6,10-13,18H,2,4,7-9,14-17H2,1H3,(H,27,32)(H,33,34). The molecular formula is C26H31N5O5. The van der Waals surface area contributed by atoms with Gasteiger partial charge in [0.2, 0.25) is 0 Å². The zero-order chi connectivity index (χ0) is 25.3. The van der Waals surface area contributed by atoms with Crippen molar-refractivity contribution in [2.45, 2.75) is 32.6 Å². The first-order valence-electron chi connectivity index (χ1n) is 12.2. The van der Waals surface area contributed by atoms with Crippen molar-refractivity contribution in [1.29, 1.82) is 0 Å². The van der Waals surface area contributed by atoms with Crippen molar-refractivity contribution < 1.29 is 23.8 Å². The van der Waals surface area contributed by atoms with E-state index >= 15 is 0 Å². The topological polar surface area (TPSA) is 121 Å². The lowest BCUT2D eigenvalue weighted by Crippen LogP contribution is -2.35. The predicted octanol–water partition coefficient (Wildman–Crippen LogP) is 4.75. The highest BCUT2D eigenvalue weighted by Crippen LogP contribution is 2.33. The maximum Gasteiger partial charge on any atom is 0.415 e. The Kier molecular flexibility index (Phi) is 8.51. The number of likely N-dealkylation sites (tertiary alicyclic amines) is 1. The number of nitrogens with one attached hydrogen (secondary N) is 1. The lowest BCUT2D eigenvalue weighted by molar-refractivity contribution is 0.102. The van der Waals surface area contributed by atoms with Crippen molar-refractivity contribution in [3.8, 4) is 17.2 Å². The molecule has 1 saturated heterocycles. The van der Waals surface area contributed by atoms with Gasteiger partial charge in [-0.05, 0) is 70.1 Å². The molecule has 0 atom stereocenters. The quantitative estimate of drug-likeness (QED) is 0.415. The van der Waals surface area contributed by atoms with Gasteiger partial charge in [-0.2, -0.15) is 0 Å². The van der Waals surface area contributed by atoms with Crippen molar-refractivity contribution in [3.05, 3.63) is 54.1 Å². The van der Waals surface area contributed by atoms with Crippen LogP contribution in [0.25, 0.3) is 11.5 Å². The first-order chi connectivity index (χ1) is 17.5. The predicted molar refractivity (Wildman–Crippen MR) is 136 cm³/mol. The van der Waals surface area contributed by atoms with E-state index in [0.717, 1.165) is 24.5 Å². The third-order valence-electron chi connectivity index (χ3n) is 5.99. The molecule has 0 unspecified atom stereocenters. The maximum absolute atomic E-state index is 12.5. The minimum absolute atomic E-state index is 0.0833. The van der Waals surface area contributed by atoms with Crippen molar-refractivity contribution in [1.82, 2.24) is 15.1 Å². The normalized spacial score (nSPS) is 13.8. The average molecular weight is 494 g/mol. The molecule has 2 heterocycles. The minimum Gasteiger partial charge on any atom is -0.493 e. The minimum atomic E-state index is -1.15. The van der Waals surface area contributed by atoms with Crippen LogP contribution >= 0.6 is 0 Å². The summed E-state index contributed by atoms with van der Waals surface area (Å²) in [5, 5.41) is 20.6. The van der Waals surface area contributed by atoms with Gasteiger partial charge < -0.3 is 24.5 Å². The fraction of sp³-hybridized carbons (Fsp3) is 0.385. The summed E-state index contributed by atoms with van der Waals surface area (Å²) < 4.78 is 11.5. The number of nitrogens with zero attached hydrogens (tertiary/aromatic N) is 4. The highest BCUT2D eigenvalue weighted by Gasteiger charge is 2.23. The first kappa shape index (κ1) is 25.2. The Hall–Kier alpha value is -3.92. The van der Waals surface area contributed by atoms with Crippen molar-refractivity contribution in [3.63, 3.8) is 0 Å². The van der Waals surface area contributed by atoms with E-state index in [9.17, 15) is 14.7 Å². The molecule has 3 aromatic rings. The second-order valence-electron chi connectivity index (χ2n) is 8.54. The number of hydrogen-bond donors (Lipinski definition) is 2. The highest BCUT2D eigenvalue weighted by molar-refractivity contribution is 6.04. The first-order valence-corrected chi connectivity index (χ1v) is 12.2. The Morgan fingerprint density at radius 3 is 2.61 bits per heavy atom. The molecule has 1 aliphatic heterocycles. The van der Waals surface area contributed by atoms with Crippen LogP contribution in [0, 0.1) is 0 Å². The molecule has 1 fully saturated rings.